The highest BCUT2D eigenvalue weighted by molar-refractivity contribution is 5.35. The number of ether oxygens (including phenoxy) is 1. The van der Waals surface area contributed by atoms with E-state index < -0.39 is 0 Å². The van der Waals surface area contributed by atoms with Crippen molar-refractivity contribution in [3.05, 3.63) is 60.2 Å². The lowest BCUT2D eigenvalue weighted by Crippen LogP contribution is -2.23. The molecule has 0 amide bonds. The van der Waals surface area contributed by atoms with E-state index in [2.05, 4.69) is 12.1 Å². The second kappa shape index (κ2) is 6.77. The van der Waals surface area contributed by atoms with Crippen molar-refractivity contribution in [1.29, 1.82) is 0 Å². The second-order valence-electron chi connectivity index (χ2n) is 5.91. The van der Waals surface area contributed by atoms with Crippen LogP contribution in [0.4, 0.5) is 0 Å². The first-order chi connectivity index (χ1) is 10.3. The van der Waals surface area contributed by atoms with Crippen LogP contribution in [0.3, 0.4) is 0 Å². The van der Waals surface area contributed by atoms with Gasteiger partial charge < -0.3 is 10.5 Å². The van der Waals surface area contributed by atoms with Crippen LogP contribution < -0.4 is 10.5 Å². The number of hydrogen-bond donors (Lipinski definition) is 1. The minimum absolute atomic E-state index is 0.129. The molecule has 110 valence electrons. The largest absolute Gasteiger partial charge is 0.457 e. The lowest BCUT2D eigenvalue weighted by atomic mass is 9.81. The Balaban J connectivity index is 1.73. The lowest BCUT2D eigenvalue weighted by molar-refractivity contribution is 0.308. The highest BCUT2D eigenvalue weighted by atomic mass is 16.5. The van der Waals surface area contributed by atoms with Gasteiger partial charge in [0.25, 0.3) is 0 Å². The summed E-state index contributed by atoms with van der Waals surface area (Å²) in [5.41, 5.74) is 7.67. The first kappa shape index (κ1) is 14.2. The van der Waals surface area contributed by atoms with E-state index in [0.29, 0.717) is 5.92 Å². The number of nitrogens with two attached hydrogens (primary N) is 1. The van der Waals surface area contributed by atoms with Crippen molar-refractivity contribution >= 4 is 0 Å². The van der Waals surface area contributed by atoms with Crippen LogP contribution in [0.5, 0.6) is 11.5 Å². The average Bonchev–Trinajstić information content (AvgIpc) is 2.56. The molecule has 0 spiro atoms. The van der Waals surface area contributed by atoms with Gasteiger partial charge in [-0.2, -0.15) is 0 Å². The fraction of sp³-hybridized carbons (Fsp3) is 0.368. The van der Waals surface area contributed by atoms with Gasteiger partial charge in [0.2, 0.25) is 0 Å². The topological polar surface area (TPSA) is 35.2 Å². The van der Waals surface area contributed by atoms with E-state index in [-0.39, 0.29) is 6.04 Å². The second-order valence-corrected chi connectivity index (χ2v) is 5.91. The predicted molar refractivity (Wildman–Crippen MR) is 86.5 cm³/mol. The molecule has 21 heavy (non-hydrogen) atoms. The molecule has 1 saturated carbocycles. The minimum atomic E-state index is 0.129. The zero-order valence-electron chi connectivity index (χ0n) is 12.4. The van der Waals surface area contributed by atoms with E-state index in [1.807, 2.05) is 42.5 Å². The van der Waals surface area contributed by atoms with Gasteiger partial charge in [0.05, 0.1) is 0 Å². The molecule has 0 unspecified atom stereocenters. The van der Waals surface area contributed by atoms with Gasteiger partial charge in [-0.05, 0) is 48.6 Å². The fourth-order valence-electron chi connectivity index (χ4n) is 3.18. The summed E-state index contributed by atoms with van der Waals surface area (Å²) in [7, 11) is 0. The summed E-state index contributed by atoms with van der Waals surface area (Å²) in [6, 6.07) is 18.2. The maximum atomic E-state index is 6.48. The van der Waals surface area contributed by atoms with Crippen molar-refractivity contribution in [2.75, 3.05) is 0 Å². The number of hydrogen-bond acceptors (Lipinski definition) is 2. The molecule has 1 aliphatic carbocycles. The highest BCUT2D eigenvalue weighted by Crippen LogP contribution is 2.34. The Bertz CT molecular complexity index is 561. The SMILES string of the molecule is N[C@@H](c1cccc(Oc2ccccc2)c1)C1CCCCC1. The molecule has 2 heteroatoms. The van der Waals surface area contributed by atoms with Gasteiger partial charge in [0.1, 0.15) is 11.5 Å². The molecule has 1 fully saturated rings. The van der Waals surface area contributed by atoms with Crippen LogP contribution in [0.1, 0.15) is 43.7 Å². The quantitative estimate of drug-likeness (QED) is 0.850. The Labute approximate surface area is 126 Å². The first-order valence-corrected chi connectivity index (χ1v) is 7.91. The molecule has 0 bridgehead atoms. The van der Waals surface area contributed by atoms with Crippen LogP contribution in [0, 0.1) is 5.92 Å². The van der Waals surface area contributed by atoms with Crippen LogP contribution in [-0.4, -0.2) is 0 Å². The van der Waals surface area contributed by atoms with Crippen molar-refractivity contribution in [1.82, 2.24) is 0 Å². The Morgan fingerprint density at radius 1 is 0.857 bits per heavy atom. The van der Waals surface area contributed by atoms with Crippen LogP contribution >= 0.6 is 0 Å². The summed E-state index contributed by atoms with van der Waals surface area (Å²) in [5, 5.41) is 0. The molecule has 0 aromatic heterocycles. The maximum absolute atomic E-state index is 6.48. The zero-order chi connectivity index (χ0) is 14.5. The molecule has 1 atom stereocenters. The van der Waals surface area contributed by atoms with E-state index in [1.54, 1.807) is 0 Å². The molecule has 0 radical (unpaired) electrons. The summed E-state index contributed by atoms with van der Waals surface area (Å²) < 4.78 is 5.90. The predicted octanol–water partition coefficient (Wildman–Crippen LogP) is 5.06. The molecule has 0 saturated heterocycles. The molecular weight excluding hydrogens is 258 g/mol. The van der Waals surface area contributed by atoms with E-state index in [1.165, 1.54) is 37.7 Å². The third-order valence-electron chi connectivity index (χ3n) is 4.38. The van der Waals surface area contributed by atoms with Crippen molar-refractivity contribution in [3.8, 4) is 11.5 Å². The third-order valence-corrected chi connectivity index (χ3v) is 4.38. The molecule has 2 N–H and O–H groups in total. The Hall–Kier alpha value is -1.80. The van der Waals surface area contributed by atoms with Crippen molar-refractivity contribution in [2.45, 2.75) is 38.1 Å². The Kier molecular flexibility index (Phi) is 4.56. The van der Waals surface area contributed by atoms with E-state index in [4.69, 9.17) is 10.5 Å². The van der Waals surface area contributed by atoms with Gasteiger partial charge in [0.15, 0.2) is 0 Å². The third kappa shape index (κ3) is 3.64. The zero-order valence-corrected chi connectivity index (χ0v) is 12.4. The van der Waals surface area contributed by atoms with Crippen LogP contribution in [0.25, 0.3) is 0 Å². The van der Waals surface area contributed by atoms with Gasteiger partial charge >= 0.3 is 0 Å². The molecule has 2 aromatic carbocycles. The van der Waals surface area contributed by atoms with Gasteiger partial charge in [-0.3, -0.25) is 0 Å². The summed E-state index contributed by atoms with van der Waals surface area (Å²) in [6.45, 7) is 0. The van der Waals surface area contributed by atoms with Gasteiger partial charge in [0, 0.05) is 6.04 Å². The van der Waals surface area contributed by atoms with E-state index in [9.17, 15) is 0 Å². The summed E-state index contributed by atoms with van der Waals surface area (Å²) >= 11 is 0. The number of para-hydroxylation sites is 1. The molecule has 2 nitrogen and oxygen atoms in total. The van der Waals surface area contributed by atoms with Gasteiger partial charge in [-0.25, -0.2) is 0 Å². The standard InChI is InChI=1S/C19H23NO/c20-19(15-8-3-1-4-9-15)16-10-7-13-18(14-16)21-17-11-5-2-6-12-17/h2,5-7,10-15,19H,1,3-4,8-9,20H2/t19-/m1/s1. The number of rotatable bonds is 4. The molecule has 0 aliphatic heterocycles. The Morgan fingerprint density at radius 2 is 1.57 bits per heavy atom. The van der Waals surface area contributed by atoms with Crippen LogP contribution in [0.2, 0.25) is 0 Å². The van der Waals surface area contributed by atoms with E-state index >= 15 is 0 Å². The molecular formula is C19H23NO. The molecule has 0 heterocycles. The van der Waals surface area contributed by atoms with Crippen molar-refractivity contribution in [2.24, 2.45) is 11.7 Å². The Morgan fingerprint density at radius 3 is 2.33 bits per heavy atom. The molecule has 3 rings (SSSR count). The van der Waals surface area contributed by atoms with Crippen LogP contribution in [-0.2, 0) is 0 Å². The van der Waals surface area contributed by atoms with Crippen molar-refractivity contribution in [3.63, 3.8) is 0 Å². The average molecular weight is 281 g/mol. The molecule has 1 aliphatic rings. The molecule has 2 aromatic rings. The fourth-order valence-corrected chi connectivity index (χ4v) is 3.18. The smallest absolute Gasteiger partial charge is 0.127 e. The van der Waals surface area contributed by atoms with Gasteiger partial charge in [-0.1, -0.05) is 49.6 Å². The van der Waals surface area contributed by atoms with Crippen LogP contribution in [0.15, 0.2) is 54.6 Å². The first-order valence-electron chi connectivity index (χ1n) is 7.91. The summed E-state index contributed by atoms with van der Waals surface area (Å²) in [5.74, 6) is 2.34. The highest BCUT2D eigenvalue weighted by Gasteiger charge is 2.22. The van der Waals surface area contributed by atoms with Gasteiger partial charge in [-0.15, -0.1) is 0 Å². The minimum Gasteiger partial charge on any atom is -0.457 e. The monoisotopic (exact) mass is 281 g/mol. The summed E-state index contributed by atoms with van der Waals surface area (Å²) in [4.78, 5) is 0. The van der Waals surface area contributed by atoms with Crippen molar-refractivity contribution < 1.29 is 4.74 Å². The maximum Gasteiger partial charge on any atom is 0.127 e. The summed E-state index contributed by atoms with van der Waals surface area (Å²) in [6.07, 6.45) is 6.51. The van der Waals surface area contributed by atoms with E-state index in [0.717, 1.165) is 11.5 Å². The number of benzene rings is 2. The lowest BCUT2D eigenvalue weighted by Gasteiger charge is -2.28. The normalized spacial score (nSPS) is 17.4.